The second kappa shape index (κ2) is 7.58. The average Bonchev–Trinajstić information content (AvgIpc) is 2.72. The molecule has 1 saturated heterocycles. The minimum Gasteiger partial charge on any atom is -0.480 e. The number of carbonyl (C=O) groups excluding carboxylic acids is 1. The SMILES string of the molecule is CCCCCCC(=O)OC1CCSC1C(=O)O. The lowest BCUT2D eigenvalue weighted by Gasteiger charge is -2.15. The molecule has 0 bridgehead atoms. The van der Waals surface area contributed by atoms with Gasteiger partial charge in [0.2, 0.25) is 0 Å². The van der Waals surface area contributed by atoms with Crippen LogP contribution in [-0.2, 0) is 14.3 Å². The molecule has 2 unspecified atom stereocenters. The van der Waals surface area contributed by atoms with Crippen LogP contribution >= 0.6 is 11.8 Å². The molecule has 0 aromatic rings. The Hall–Kier alpha value is -0.710. The molecule has 0 aromatic carbocycles. The number of ether oxygens (including phenoxy) is 1. The van der Waals surface area contributed by atoms with Gasteiger partial charge in [0.15, 0.2) is 0 Å². The average molecular weight is 260 g/mol. The third-order valence-corrected chi connectivity index (χ3v) is 4.13. The molecular weight excluding hydrogens is 240 g/mol. The molecule has 0 amide bonds. The predicted molar refractivity (Wildman–Crippen MR) is 67.1 cm³/mol. The van der Waals surface area contributed by atoms with Crippen molar-refractivity contribution in [1.29, 1.82) is 0 Å². The van der Waals surface area contributed by atoms with Crippen molar-refractivity contribution in [2.45, 2.75) is 56.8 Å². The van der Waals surface area contributed by atoms with E-state index in [4.69, 9.17) is 9.84 Å². The summed E-state index contributed by atoms with van der Waals surface area (Å²) in [5.41, 5.74) is 0. The van der Waals surface area contributed by atoms with Crippen molar-refractivity contribution in [2.75, 3.05) is 5.75 Å². The zero-order chi connectivity index (χ0) is 12.7. The Kier molecular flexibility index (Phi) is 6.40. The van der Waals surface area contributed by atoms with Crippen LogP contribution in [0.3, 0.4) is 0 Å². The normalized spacial score (nSPS) is 23.6. The van der Waals surface area contributed by atoms with E-state index in [1.807, 2.05) is 0 Å². The maximum Gasteiger partial charge on any atom is 0.320 e. The molecule has 1 aliphatic heterocycles. The number of unbranched alkanes of at least 4 members (excludes halogenated alkanes) is 3. The number of carbonyl (C=O) groups is 2. The summed E-state index contributed by atoms with van der Waals surface area (Å²) in [5.74, 6) is -0.374. The summed E-state index contributed by atoms with van der Waals surface area (Å²) >= 11 is 1.36. The number of thioether (sulfide) groups is 1. The van der Waals surface area contributed by atoms with Crippen LogP contribution in [0.5, 0.6) is 0 Å². The van der Waals surface area contributed by atoms with Gasteiger partial charge in [0.05, 0.1) is 0 Å². The molecule has 0 saturated carbocycles. The summed E-state index contributed by atoms with van der Waals surface area (Å²) in [4.78, 5) is 22.4. The molecule has 1 heterocycles. The van der Waals surface area contributed by atoms with E-state index in [-0.39, 0.29) is 5.97 Å². The van der Waals surface area contributed by atoms with E-state index in [0.29, 0.717) is 12.8 Å². The Morgan fingerprint density at radius 2 is 2.12 bits per heavy atom. The lowest BCUT2D eigenvalue weighted by molar-refractivity contribution is -0.151. The van der Waals surface area contributed by atoms with Crippen molar-refractivity contribution < 1.29 is 19.4 Å². The molecule has 1 aliphatic rings. The van der Waals surface area contributed by atoms with E-state index in [0.717, 1.165) is 31.4 Å². The first kappa shape index (κ1) is 14.4. The Labute approximate surface area is 106 Å². The van der Waals surface area contributed by atoms with Crippen LogP contribution in [0.15, 0.2) is 0 Å². The number of esters is 1. The molecule has 17 heavy (non-hydrogen) atoms. The van der Waals surface area contributed by atoms with Crippen LogP contribution in [0.1, 0.15) is 45.4 Å². The fraction of sp³-hybridized carbons (Fsp3) is 0.833. The Morgan fingerprint density at radius 1 is 1.35 bits per heavy atom. The van der Waals surface area contributed by atoms with Gasteiger partial charge in [-0.3, -0.25) is 9.59 Å². The molecule has 4 nitrogen and oxygen atoms in total. The second-order valence-electron chi connectivity index (χ2n) is 4.26. The lowest BCUT2D eigenvalue weighted by atomic mass is 10.1. The molecule has 1 rings (SSSR count). The summed E-state index contributed by atoms with van der Waals surface area (Å²) in [7, 11) is 0. The standard InChI is InChI=1S/C12H20O4S/c1-2-3-4-5-6-10(13)16-9-7-8-17-11(9)12(14)15/h9,11H,2-8H2,1H3,(H,14,15). The van der Waals surface area contributed by atoms with Gasteiger partial charge >= 0.3 is 11.9 Å². The summed E-state index contributed by atoms with van der Waals surface area (Å²) < 4.78 is 5.22. The lowest BCUT2D eigenvalue weighted by Crippen LogP contribution is -2.31. The summed E-state index contributed by atoms with van der Waals surface area (Å²) in [6.07, 6.45) is 4.77. The van der Waals surface area contributed by atoms with Crippen LogP contribution in [0, 0.1) is 0 Å². The molecule has 0 radical (unpaired) electrons. The van der Waals surface area contributed by atoms with Crippen molar-refractivity contribution in [3.8, 4) is 0 Å². The van der Waals surface area contributed by atoms with Gasteiger partial charge in [-0.05, 0) is 18.6 Å². The number of hydrogen-bond acceptors (Lipinski definition) is 4. The number of rotatable bonds is 7. The van der Waals surface area contributed by atoms with Gasteiger partial charge < -0.3 is 9.84 Å². The van der Waals surface area contributed by atoms with Crippen LogP contribution in [-0.4, -0.2) is 34.2 Å². The summed E-state index contributed by atoms with van der Waals surface area (Å²) in [5, 5.41) is 8.36. The maximum atomic E-state index is 11.5. The highest BCUT2D eigenvalue weighted by Crippen LogP contribution is 2.29. The van der Waals surface area contributed by atoms with Crippen molar-refractivity contribution in [1.82, 2.24) is 0 Å². The highest BCUT2D eigenvalue weighted by Gasteiger charge is 2.36. The largest absolute Gasteiger partial charge is 0.480 e. The smallest absolute Gasteiger partial charge is 0.320 e. The number of aliphatic carboxylic acids is 1. The zero-order valence-corrected chi connectivity index (χ0v) is 11.0. The predicted octanol–water partition coefficient (Wildman–Crippen LogP) is 2.46. The van der Waals surface area contributed by atoms with Crippen LogP contribution in [0.2, 0.25) is 0 Å². The van der Waals surface area contributed by atoms with Crippen LogP contribution < -0.4 is 0 Å². The van der Waals surface area contributed by atoms with E-state index in [9.17, 15) is 9.59 Å². The third-order valence-electron chi connectivity index (χ3n) is 2.80. The van der Waals surface area contributed by atoms with Gasteiger partial charge in [-0.15, -0.1) is 11.8 Å². The van der Waals surface area contributed by atoms with E-state index >= 15 is 0 Å². The fourth-order valence-corrected chi connectivity index (χ4v) is 3.02. The van der Waals surface area contributed by atoms with Crippen LogP contribution in [0.25, 0.3) is 0 Å². The third kappa shape index (κ3) is 4.98. The quantitative estimate of drug-likeness (QED) is 0.562. The van der Waals surface area contributed by atoms with E-state index in [1.54, 1.807) is 0 Å². The molecule has 98 valence electrons. The van der Waals surface area contributed by atoms with Gasteiger partial charge in [-0.25, -0.2) is 0 Å². The van der Waals surface area contributed by atoms with Gasteiger partial charge in [-0.2, -0.15) is 0 Å². The molecule has 2 atom stereocenters. The minimum atomic E-state index is -0.878. The highest BCUT2D eigenvalue weighted by atomic mass is 32.2. The number of hydrogen-bond donors (Lipinski definition) is 1. The first-order chi connectivity index (χ1) is 8.15. The van der Waals surface area contributed by atoms with Gasteiger partial charge in [0, 0.05) is 6.42 Å². The van der Waals surface area contributed by atoms with Gasteiger partial charge in [0.1, 0.15) is 11.4 Å². The van der Waals surface area contributed by atoms with Gasteiger partial charge in [0.25, 0.3) is 0 Å². The summed E-state index contributed by atoms with van der Waals surface area (Å²) in [6.45, 7) is 2.12. The van der Waals surface area contributed by atoms with Crippen LogP contribution in [0.4, 0.5) is 0 Å². The maximum absolute atomic E-state index is 11.5. The first-order valence-corrected chi connectivity index (χ1v) is 7.24. The monoisotopic (exact) mass is 260 g/mol. The number of carboxylic acid groups (broad SMARTS) is 1. The molecule has 0 aliphatic carbocycles. The van der Waals surface area contributed by atoms with Gasteiger partial charge in [-0.1, -0.05) is 26.2 Å². The van der Waals surface area contributed by atoms with E-state index in [1.165, 1.54) is 11.8 Å². The number of carboxylic acids is 1. The first-order valence-electron chi connectivity index (χ1n) is 6.19. The zero-order valence-electron chi connectivity index (χ0n) is 10.2. The Balaban J connectivity index is 2.23. The van der Waals surface area contributed by atoms with E-state index < -0.39 is 17.3 Å². The molecule has 5 heteroatoms. The van der Waals surface area contributed by atoms with Crippen molar-refractivity contribution in [3.05, 3.63) is 0 Å². The second-order valence-corrected chi connectivity index (χ2v) is 5.51. The molecule has 1 N–H and O–H groups in total. The fourth-order valence-electron chi connectivity index (χ4n) is 1.84. The topological polar surface area (TPSA) is 63.6 Å². The summed E-state index contributed by atoms with van der Waals surface area (Å²) in [6, 6.07) is 0. The Bertz CT molecular complexity index is 267. The van der Waals surface area contributed by atoms with E-state index in [2.05, 4.69) is 6.92 Å². The van der Waals surface area contributed by atoms with Crippen molar-refractivity contribution in [3.63, 3.8) is 0 Å². The Morgan fingerprint density at radius 3 is 2.76 bits per heavy atom. The molecule has 1 fully saturated rings. The van der Waals surface area contributed by atoms with Crippen molar-refractivity contribution >= 4 is 23.7 Å². The molecule has 0 spiro atoms. The molecular formula is C12H20O4S. The minimum absolute atomic E-state index is 0.250. The molecule has 0 aromatic heterocycles. The van der Waals surface area contributed by atoms with Crippen molar-refractivity contribution in [2.24, 2.45) is 0 Å². The highest BCUT2D eigenvalue weighted by molar-refractivity contribution is 8.00.